The summed E-state index contributed by atoms with van der Waals surface area (Å²) >= 11 is 0. The first-order chi connectivity index (χ1) is 10.7. The largest absolute Gasteiger partial charge is 0.408 e. The molecule has 3 atom stereocenters. The number of alkyl halides is 3. The first-order valence-corrected chi connectivity index (χ1v) is 7.45. The fourth-order valence-electron chi connectivity index (χ4n) is 3.62. The van der Waals surface area contributed by atoms with Crippen LogP contribution in [0.1, 0.15) is 20.3 Å². The highest BCUT2D eigenvalue weighted by Crippen LogP contribution is 2.52. The molecular formula is C14H19F3N4O2. The molecule has 0 unspecified atom stereocenters. The van der Waals surface area contributed by atoms with E-state index < -0.39 is 18.8 Å². The van der Waals surface area contributed by atoms with Crippen LogP contribution in [0, 0.1) is 11.3 Å². The van der Waals surface area contributed by atoms with E-state index in [0.717, 1.165) is 17.3 Å². The zero-order valence-corrected chi connectivity index (χ0v) is 12.9. The van der Waals surface area contributed by atoms with Gasteiger partial charge in [-0.3, -0.25) is 4.68 Å². The molecule has 0 aromatic carbocycles. The molecule has 2 N–H and O–H groups in total. The minimum absolute atomic E-state index is 0.0137. The van der Waals surface area contributed by atoms with E-state index in [1.165, 1.54) is 6.20 Å². The Kier molecular flexibility index (Phi) is 3.78. The second kappa shape index (κ2) is 5.40. The monoisotopic (exact) mass is 332 g/mol. The number of urea groups is 1. The maximum atomic E-state index is 12.3. The summed E-state index contributed by atoms with van der Waals surface area (Å²) in [6.45, 7) is 3.58. The van der Waals surface area contributed by atoms with Gasteiger partial charge >= 0.3 is 12.2 Å². The summed E-state index contributed by atoms with van der Waals surface area (Å²) in [5.74, 6) is 0.295. The molecule has 2 fully saturated rings. The third-order valence-corrected chi connectivity index (χ3v) is 4.62. The van der Waals surface area contributed by atoms with Crippen molar-refractivity contribution in [1.29, 1.82) is 0 Å². The van der Waals surface area contributed by atoms with Crippen molar-refractivity contribution in [3.8, 4) is 0 Å². The molecule has 0 spiro atoms. The average Bonchev–Trinajstić information content (AvgIpc) is 3.02. The summed E-state index contributed by atoms with van der Waals surface area (Å²) in [5.41, 5.74) is 0.0713. The number of carbonyl (C=O) groups excluding carboxylic acids is 1. The Morgan fingerprint density at radius 3 is 2.96 bits per heavy atom. The maximum Gasteiger partial charge on any atom is 0.408 e. The number of nitrogens with zero attached hydrogens (tertiary/aromatic N) is 2. The van der Waals surface area contributed by atoms with Gasteiger partial charge in [-0.1, -0.05) is 13.8 Å². The van der Waals surface area contributed by atoms with Crippen molar-refractivity contribution >= 4 is 11.7 Å². The molecule has 1 saturated carbocycles. The third kappa shape index (κ3) is 3.15. The molecule has 2 amide bonds. The lowest BCUT2D eigenvalue weighted by atomic mass is 9.57. The lowest BCUT2D eigenvalue weighted by Crippen LogP contribution is -2.67. The van der Waals surface area contributed by atoms with Gasteiger partial charge in [0.1, 0.15) is 6.54 Å². The zero-order chi connectivity index (χ0) is 16.8. The third-order valence-electron chi connectivity index (χ3n) is 4.62. The predicted octanol–water partition coefficient (Wildman–Crippen LogP) is 2.38. The lowest BCUT2D eigenvalue weighted by Gasteiger charge is -2.54. The molecule has 128 valence electrons. The smallest absolute Gasteiger partial charge is 0.377 e. The molecule has 3 rings (SSSR count). The number of halogens is 3. The van der Waals surface area contributed by atoms with Gasteiger partial charge in [-0.2, -0.15) is 18.3 Å². The van der Waals surface area contributed by atoms with Gasteiger partial charge in [-0.05, 0) is 6.42 Å². The quantitative estimate of drug-likeness (QED) is 0.893. The van der Waals surface area contributed by atoms with Crippen molar-refractivity contribution in [3.05, 3.63) is 12.4 Å². The number of hydrogen-bond acceptors (Lipinski definition) is 3. The molecule has 1 aliphatic heterocycles. The van der Waals surface area contributed by atoms with E-state index in [1.54, 1.807) is 0 Å². The molecule has 2 aliphatic rings. The summed E-state index contributed by atoms with van der Waals surface area (Å²) in [5, 5.41) is 9.00. The molecule has 9 heteroatoms. The highest BCUT2D eigenvalue weighted by Gasteiger charge is 2.59. The Labute approximate surface area is 131 Å². The highest BCUT2D eigenvalue weighted by molar-refractivity contribution is 5.89. The Balaban J connectivity index is 1.56. The highest BCUT2D eigenvalue weighted by atomic mass is 19.4. The second-order valence-electron chi connectivity index (χ2n) is 6.68. The molecule has 1 aliphatic carbocycles. The standard InChI is InChI=1S/C14H19F3N4O2/c1-13(2)10(9-3-4-23-11(9)13)20-12(22)19-8-5-18-21(6-8)7-14(15,16)17/h5-6,9-11H,3-4,7H2,1-2H3,(H2,19,20,22)/t9-,10-,11+/m1/s1. The van der Waals surface area contributed by atoms with E-state index >= 15 is 0 Å². The molecule has 1 aromatic heterocycles. The van der Waals surface area contributed by atoms with Gasteiger partial charge in [-0.15, -0.1) is 0 Å². The number of aromatic nitrogens is 2. The molecule has 0 radical (unpaired) electrons. The summed E-state index contributed by atoms with van der Waals surface area (Å²) in [6.07, 6.45) is -0.942. The van der Waals surface area contributed by atoms with Gasteiger partial charge in [-0.25, -0.2) is 4.79 Å². The first-order valence-electron chi connectivity index (χ1n) is 7.45. The van der Waals surface area contributed by atoms with E-state index in [-0.39, 0.29) is 23.2 Å². The van der Waals surface area contributed by atoms with Gasteiger partial charge in [0.05, 0.1) is 18.0 Å². The lowest BCUT2D eigenvalue weighted by molar-refractivity contribution is -0.142. The molecule has 2 heterocycles. The molecule has 1 saturated heterocycles. The number of fused-ring (bicyclic) bond motifs is 1. The zero-order valence-electron chi connectivity index (χ0n) is 12.9. The average molecular weight is 332 g/mol. The van der Waals surface area contributed by atoms with Crippen molar-refractivity contribution in [1.82, 2.24) is 15.1 Å². The van der Waals surface area contributed by atoms with E-state index in [4.69, 9.17) is 4.74 Å². The number of anilines is 1. The van der Waals surface area contributed by atoms with Gasteiger partial charge < -0.3 is 15.4 Å². The van der Waals surface area contributed by atoms with Crippen LogP contribution in [0.25, 0.3) is 0 Å². The number of hydrogen-bond donors (Lipinski definition) is 2. The molecule has 0 bridgehead atoms. The van der Waals surface area contributed by atoms with Crippen molar-refractivity contribution in [3.63, 3.8) is 0 Å². The van der Waals surface area contributed by atoms with Crippen molar-refractivity contribution in [2.24, 2.45) is 11.3 Å². The van der Waals surface area contributed by atoms with Gasteiger partial charge in [0.25, 0.3) is 0 Å². The van der Waals surface area contributed by atoms with E-state index in [0.29, 0.717) is 12.5 Å². The normalized spacial score (nSPS) is 28.8. The Hall–Kier alpha value is -1.77. The summed E-state index contributed by atoms with van der Waals surface area (Å²) < 4.78 is 43.2. The number of carbonyl (C=O) groups is 1. The summed E-state index contributed by atoms with van der Waals surface area (Å²) in [7, 11) is 0. The van der Waals surface area contributed by atoms with Gasteiger partial charge in [0, 0.05) is 30.2 Å². The Bertz CT molecular complexity index is 599. The predicted molar refractivity (Wildman–Crippen MR) is 75.9 cm³/mol. The van der Waals surface area contributed by atoms with Crippen LogP contribution in [0.5, 0.6) is 0 Å². The van der Waals surface area contributed by atoms with Crippen molar-refractivity contribution in [2.45, 2.75) is 45.1 Å². The molecular weight excluding hydrogens is 313 g/mol. The Morgan fingerprint density at radius 2 is 2.26 bits per heavy atom. The number of nitrogens with one attached hydrogen (secondary N) is 2. The van der Waals surface area contributed by atoms with Gasteiger partial charge in [0.2, 0.25) is 0 Å². The second-order valence-corrected chi connectivity index (χ2v) is 6.68. The van der Waals surface area contributed by atoms with Crippen LogP contribution < -0.4 is 10.6 Å². The molecule has 1 aromatic rings. The van der Waals surface area contributed by atoms with Crippen LogP contribution in [0.15, 0.2) is 12.4 Å². The molecule has 6 nitrogen and oxygen atoms in total. The first kappa shape index (κ1) is 16.1. The van der Waals surface area contributed by atoms with Crippen molar-refractivity contribution in [2.75, 3.05) is 11.9 Å². The molecule has 23 heavy (non-hydrogen) atoms. The van der Waals surface area contributed by atoms with E-state index in [9.17, 15) is 18.0 Å². The van der Waals surface area contributed by atoms with Crippen LogP contribution in [0.2, 0.25) is 0 Å². The summed E-state index contributed by atoms with van der Waals surface area (Å²) in [6, 6.07) is -0.458. The van der Waals surface area contributed by atoms with Crippen LogP contribution in [0.4, 0.5) is 23.7 Å². The fraction of sp³-hybridized carbons (Fsp3) is 0.714. The van der Waals surface area contributed by atoms with Crippen LogP contribution in [-0.2, 0) is 11.3 Å². The fourth-order valence-corrected chi connectivity index (χ4v) is 3.62. The van der Waals surface area contributed by atoms with Gasteiger partial charge in [0.15, 0.2) is 0 Å². The maximum absolute atomic E-state index is 12.3. The van der Waals surface area contributed by atoms with Crippen molar-refractivity contribution < 1.29 is 22.7 Å². The van der Waals surface area contributed by atoms with Crippen LogP contribution in [-0.4, -0.2) is 40.7 Å². The van der Waals surface area contributed by atoms with E-state index in [1.807, 2.05) is 13.8 Å². The SMILES string of the molecule is CC1(C)[C@H](NC(=O)Nc2cnn(CC(F)(F)F)c2)[C@H]2CCO[C@@H]21. The van der Waals surface area contributed by atoms with Crippen LogP contribution >= 0.6 is 0 Å². The number of amides is 2. The van der Waals surface area contributed by atoms with E-state index in [2.05, 4.69) is 15.7 Å². The minimum atomic E-state index is -4.35. The number of ether oxygens (including phenoxy) is 1. The topological polar surface area (TPSA) is 68.2 Å². The minimum Gasteiger partial charge on any atom is -0.377 e. The number of rotatable bonds is 3. The van der Waals surface area contributed by atoms with Crippen LogP contribution in [0.3, 0.4) is 0 Å². The Morgan fingerprint density at radius 1 is 1.52 bits per heavy atom. The summed E-state index contributed by atoms with van der Waals surface area (Å²) in [4.78, 5) is 12.1.